The van der Waals surface area contributed by atoms with Crippen LogP contribution in [0.4, 0.5) is 23.7 Å². The van der Waals surface area contributed by atoms with Gasteiger partial charge in [-0.1, -0.05) is 6.07 Å². The van der Waals surface area contributed by atoms with Crippen molar-refractivity contribution in [1.82, 2.24) is 10.6 Å². The number of benzene rings is 2. The van der Waals surface area contributed by atoms with Gasteiger partial charge >= 0.3 is 23.9 Å². The lowest BCUT2D eigenvalue weighted by Gasteiger charge is -2.28. The third kappa shape index (κ3) is 5.45. The maximum Gasteiger partial charge on any atom is 0.416 e. The van der Waals surface area contributed by atoms with Gasteiger partial charge in [-0.15, -0.1) is 0 Å². The summed E-state index contributed by atoms with van der Waals surface area (Å²) in [5.74, 6) is -1.09. The summed E-state index contributed by atoms with van der Waals surface area (Å²) in [5, 5.41) is 16.5. The molecule has 1 aliphatic heterocycles. The molecule has 0 aromatic heterocycles. The van der Waals surface area contributed by atoms with E-state index in [2.05, 4.69) is 10.6 Å². The Hall–Kier alpha value is -4.29. The van der Waals surface area contributed by atoms with Crippen LogP contribution in [-0.4, -0.2) is 30.6 Å². The van der Waals surface area contributed by atoms with Gasteiger partial charge in [-0.3, -0.25) is 10.1 Å². The molecule has 2 aromatic rings. The lowest BCUT2D eigenvalue weighted by atomic mass is 9.95. The van der Waals surface area contributed by atoms with Gasteiger partial charge in [0.25, 0.3) is 0 Å². The number of ether oxygens (including phenoxy) is 3. The maximum absolute atomic E-state index is 13.0. The number of amides is 2. The Morgan fingerprint density at radius 3 is 2.43 bits per heavy atom. The zero-order chi connectivity index (χ0) is 25.9. The second-order valence-corrected chi connectivity index (χ2v) is 7.24. The molecule has 13 heteroatoms. The molecule has 0 spiro atoms. The van der Waals surface area contributed by atoms with Crippen LogP contribution in [0.5, 0.6) is 17.2 Å². The number of carbonyl (C=O) groups excluding carboxylic acids is 2. The number of halogens is 3. The second-order valence-electron chi connectivity index (χ2n) is 7.24. The van der Waals surface area contributed by atoms with E-state index in [4.69, 9.17) is 14.2 Å². The Labute approximate surface area is 196 Å². The summed E-state index contributed by atoms with van der Waals surface area (Å²) < 4.78 is 54.8. The molecular formula is C22H20F3N3O7. The molecule has 0 radical (unpaired) electrons. The molecule has 2 amide bonds. The summed E-state index contributed by atoms with van der Waals surface area (Å²) >= 11 is 0. The van der Waals surface area contributed by atoms with E-state index in [0.717, 1.165) is 6.07 Å². The Balaban J connectivity index is 2.00. The standard InChI is InChI=1S/C22H20F3N3O7/c1-4-34-20(29)18-11(2)26-21(30)27-19(18)12-5-7-16(17(9-12)33-3)35-15-8-6-13(22(23,24)25)10-14(15)28(31)32/h5-10,19H,4H2,1-3H3,(H2,26,27,30)/t19-/m1/s1. The van der Waals surface area contributed by atoms with Gasteiger partial charge in [0, 0.05) is 11.8 Å². The van der Waals surface area contributed by atoms with E-state index < -0.39 is 46.1 Å². The van der Waals surface area contributed by atoms with Crippen molar-refractivity contribution < 1.29 is 41.9 Å². The predicted octanol–water partition coefficient (Wildman–Crippen LogP) is 4.61. The number of nitro groups is 1. The molecule has 0 aliphatic carbocycles. The minimum absolute atomic E-state index is 0.0437. The van der Waals surface area contributed by atoms with Crippen molar-refractivity contribution in [2.24, 2.45) is 0 Å². The van der Waals surface area contributed by atoms with Crippen molar-refractivity contribution >= 4 is 17.7 Å². The number of carbonyl (C=O) groups is 2. The molecule has 3 rings (SSSR count). The molecule has 35 heavy (non-hydrogen) atoms. The summed E-state index contributed by atoms with van der Waals surface area (Å²) in [7, 11) is 1.28. The first-order valence-corrected chi connectivity index (χ1v) is 10.1. The summed E-state index contributed by atoms with van der Waals surface area (Å²) in [4.78, 5) is 34.9. The third-order valence-electron chi connectivity index (χ3n) is 4.99. The van der Waals surface area contributed by atoms with Crippen LogP contribution in [0.25, 0.3) is 0 Å². The van der Waals surface area contributed by atoms with Crippen molar-refractivity contribution in [2.45, 2.75) is 26.1 Å². The number of alkyl halides is 3. The minimum atomic E-state index is -4.77. The molecule has 2 aromatic carbocycles. The fourth-order valence-electron chi connectivity index (χ4n) is 3.41. The van der Waals surface area contributed by atoms with Gasteiger partial charge in [0.05, 0.1) is 35.8 Å². The average Bonchev–Trinajstić information content (AvgIpc) is 2.78. The Bertz CT molecular complexity index is 1210. The number of hydrogen-bond acceptors (Lipinski definition) is 7. The summed E-state index contributed by atoms with van der Waals surface area (Å²) in [6.07, 6.45) is -4.77. The quantitative estimate of drug-likeness (QED) is 0.326. The molecule has 1 atom stereocenters. The van der Waals surface area contributed by atoms with Gasteiger partial charge in [0.2, 0.25) is 5.75 Å². The van der Waals surface area contributed by atoms with Gasteiger partial charge in [-0.05, 0) is 43.7 Å². The number of methoxy groups -OCH3 is 1. The largest absolute Gasteiger partial charge is 0.493 e. The number of nitrogens with zero attached hydrogens (tertiary/aromatic N) is 1. The van der Waals surface area contributed by atoms with Crippen molar-refractivity contribution in [1.29, 1.82) is 0 Å². The highest BCUT2D eigenvalue weighted by atomic mass is 19.4. The first-order valence-electron chi connectivity index (χ1n) is 10.1. The van der Waals surface area contributed by atoms with E-state index in [9.17, 15) is 32.9 Å². The Morgan fingerprint density at radius 1 is 1.14 bits per heavy atom. The monoisotopic (exact) mass is 495 g/mol. The molecule has 1 aliphatic rings. The number of urea groups is 1. The topological polar surface area (TPSA) is 129 Å². The van der Waals surface area contributed by atoms with Crippen LogP contribution in [0.2, 0.25) is 0 Å². The average molecular weight is 495 g/mol. The third-order valence-corrected chi connectivity index (χ3v) is 4.99. The van der Waals surface area contributed by atoms with Gasteiger partial charge in [-0.2, -0.15) is 13.2 Å². The zero-order valence-electron chi connectivity index (χ0n) is 18.7. The van der Waals surface area contributed by atoms with E-state index in [0.29, 0.717) is 17.7 Å². The van der Waals surface area contributed by atoms with Crippen LogP contribution in [0, 0.1) is 10.1 Å². The zero-order valence-corrected chi connectivity index (χ0v) is 18.7. The second kappa shape index (κ2) is 9.91. The highest BCUT2D eigenvalue weighted by molar-refractivity contribution is 5.95. The Morgan fingerprint density at radius 2 is 1.83 bits per heavy atom. The van der Waals surface area contributed by atoms with Gasteiger partial charge in [-0.25, -0.2) is 9.59 Å². The normalized spacial score (nSPS) is 15.7. The first kappa shape index (κ1) is 25.3. The van der Waals surface area contributed by atoms with E-state index in [-0.39, 0.29) is 29.4 Å². The number of allylic oxidation sites excluding steroid dienone is 1. The molecule has 2 N–H and O–H groups in total. The van der Waals surface area contributed by atoms with E-state index in [1.165, 1.54) is 32.2 Å². The lowest BCUT2D eigenvalue weighted by Crippen LogP contribution is -2.45. The Kier molecular flexibility index (Phi) is 7.17. The van der Waals surface area contributed by atoms with E-state index >= 15 is 0 Å². The first-order chi connectivity index (χ1) is 16.5. The van der Waals surface area contributed by atoms with Crippen molar-refractivity contribution in [2.75, 3.05) is 13.7 Å². The SMILES string of the molecule is CCOC(=O)C1=C(C)NC(=O)N[C@@H]1c1ccc(Oc2ccc(C(F)(F)F)cc2[N+](=O)[O-])c(OC)c1. The van der Waals surface area contributed by atoms with Crippen molar-refractivity contribution in [3.63, 3.8) is 0 Å². The number of hydrogen-bond donors (Lipinski definition) is 2. The highest BCUT2D eigenvalue weighted by Crippen LogP contribution is 2.41. The molecule has 0 saturated carbocycles. The van der Waals surface area contributed by atoms with Crippen LogP contribution in [-0.2, 0) is 15.7 Å². The molecule has 0 bridgehead atoms. The molecule has 1 heterocycles. The highest BCUT2D eigenvalue weighted by Gasteiger charge is 2.34. The van der Waals surface area contributed by atoms with Gasteiger partial charge in [0.15, 0.2) is 11.5 Å². The molecule has 0 unspecified atom stereocenters. The fourth-order valence-corrected chi connectivity index (χ4v) is 3.41. The predicted molar refractivity (Wildman–Crippen MR) is 115 cm³/mol. The molecular weight excluding hydrogens is 475 g/mol. The van der Waals surface area contributed by atoms with Crippen LogP contribution < -0.4 is 20.1 Å². The summed E-state index contributed by atoms with van der Waals surface area (Å²) in [6, 6.07) is 4.65. The number of esters is 1. The van der Waals surface area contributed by atoms with Crippen molar-refractivity contribution in [3.05, 3.63) is 68.9 Å². The van der Waals surface area contributed by atoms with Crippen molar-refractivity contribution in [3.8, 4) is 17.2 Å². The van der Waals surface area contributed by atoms with Crippen LogP contribution in [0.15, 0.2) is 47.7 Å². The lowest BCUT2D eigenvalue weighted by molar-refractivity contribution is -0.385. The molecule has 186 valence electrons. The molecule has 10 nitrogen and oxygen atoms in total. The van der Waals surface area contributed by atoms with Crippen LogP contribution >= 0.6 is 0 Å². The summed E-state index contributed by atoms with van der Waals surface area (Å²) in [5.41, 5.74) is -1.25. The minimum Gasteiger partial charge on any atom is -0.493 e. The van der Waals surface area contributed by atoms with E-state index in [1.807, 2.05) is 0 Å². The molecule has 0 fully saturated rings. The van der Waals surface area contributed by atoms with Gasteiger partial charge in [0.1, 0.15) is 0 Å². The molecule has 0 saturated heterocycles. The smallest absolute Gasteiger partial charge is 0.416 e. The number of nitrogens with one attached hydrogen (secondary N) is 2. The van der Waals surface area contributed by atoms with Crippen LogP contribution in [0.3, 0.4) is 0 Å². The van der Waals surface area contributed by atoms with Gasteiger partial charge < -0.3 is 24.8 Å². The van der Waals surface area contributed by atoms with E-state index in [1.54, 1.807) is 6.92 Å². The number of rotatable bonds is 7. The van der Waals surface area contributed by atoms with Crippen LogP contribution in [0.1, 0.15) is 31.0 Å². The fraction of sp³-hybridized carbons (Fsp3) is 0.273. The maximum atomic E-state index is 13.0. The number of nitro benzene ring substituents is 1. The summed E-state index contributed by atoms with van der Waals surface area (Å²) in [6.45, 7) is 3.28.